The Labute approximate surface area is 271 Å². The minimum absolute atomic E-state index is 0.382. The van der Waals surface area contributed by atoms with Crippen molar-refractivity contribution in [1.29, 1.82) is 0 Å². The topological polar surface area (TPSA) is 24.9 Å². The Balaban J connectivity index is 1.68. The molecule has 0 aliphatic carbocycles. The van der Waals surface area contributed by atoms with Crippen LogP contribution in [0, 0.1) is 0 Å². The maximum atomic E-state index is 6.38. The molecule has 1 heterocycles. The van der Waals surface area contributed by atoms with Crippen LogP contribution in [-0.4, -0.2) is 44.5 Å². The van der Waals surface area contributed by atoms with Crippen molar-refractivity contribution in [1.82, 2.24) is 0 Å². The Bertz CT molecular complexity index is 1500. The van der Waals surface area contributed by atoms with Crippen LogP contribution in [-0.2, 0) is 9.31 Å². The van der Waals surface area contributed by atoms with E-state index >= 15 is 0 Å². The largest absolute Gasteiger partial charge is 0.494 e. The van der Waals surface area contributed by atoms with E-state index in [1.165, 1.54) is 39.2 Å². The first-order chi connectivity index (χ1) is 21.6. The van der Waals surface area contributed by atoms with Crippen molar-refractivity contribution in [3.05, 3.63) is 125 Å². The molecule has 4 nitrogen and oxygen atoms in total. The fourth-order valence-electron chi connectivity index (χ4n) is 6.16. The fourth-order valence-corrected chi connectivity index (χ4v) is 6.16. The second-order valence-electron chi connectivity index (χ2n) is 12.8. The number of rotatable bonds is 11. The summed E-state index contributed by atoms with van der Waals surface area (Å²) in [5, 5.41) is 0. The Morgan fingerprint density at radius 1 is 0.489 bits per heavy atom. The zero-order chi connectivity index (χ0) is 32.2. The number of hydrogen-bond acceptors (Lipinski definition) is 4. The van der Waals surface area contributed by atoms with Crippen LogP contribution >= 0.6 is 0 Å². The van der Waals surface area contributed by atoms with Crippen LogP contribution in [0.2, 0.25) is 0 Å². The molecular formula is C40H49BN2O2. The molecule has 1 aliphatic rings. The molecule has 4 aromatic carbocycles. The predicted molar refractivity (Wildman–Crippen MR) is 194 cm³/mol. The third-order valence-corrected chi connectivity index (χ3v) is 9.61. The monoisotopic (exact) mass is 600 g/mol. The summed E-state index contributed by atoms with van der Waals surface area (Å²) in [5.74, 6) is 0. The van der Waals surface area contributed by atoms with Crippen molar-refractivity contribution < 1.29 is 9.31 Å². The summed E-state index contributed by atoms with van der Waals surface area (Å²) in [6.07, 6.45) is 0. The Morgan fingerprint density at radius 3 is 1.18 bits per heavy atom. The van der Waals surface area contributed by atoms with Crippen LogP contribution in [0.5, 0.6) is 0 Å². The van der Waals surface area contributed by atoms with Gasteiger partial charge in [-0.15, -0.1) is 0 Å². The van der Waals surface area contributed by atoms with E-state index < -0.39 is 7.12 Å². The van der Waals surface area contributed by atoms with Crippen molar-refractivity contribution in [2.24, 2.45) is 0 Å². The highest BCUT2D eigenvalue weighted by molar-refractivity contribution is 6.62. The average molecular weight is 601 g/mol. The van der Waals surface area contributed by atoms with E-state index in [1.54, 1.807) is 0 Å². The van der Waals surface area contributed by atoms with Crippen LogP contribution in [0.25, 0.3) is 11.1 Å². The van der Waals surface area contributed by atoms with Gasteiger partial charge in [-0.25, -0.2) is 0 Å². The van der Waals surface area contributed by atoms with Crippen LogP contribution in [0.1, 0.15) is 77.6 Å². The van der Waals surface area contributed by atoms with Crippen molar-refractivity contribution >= 4 is 35.1 Å². The minimum atomic E-state index is -0.395. The lowest BCUT2D eigenvalue weighted by Crippen LogP contribution is -2.41. The van der Waals surface area contributed by atoms with Gasteiger partial charge in [0, 0.05) is 37.6 Å². The highest BCUT2D eigenvalue weighted by Crippen LogP contribution is 2.39. The zero-order valence-corrected chi connectivity index (χ0v) is 28.4. The lowest BCUT2D eigenvalue weighted by Gasteiger charge is -2.32. The molecule has 5 rings (SSSR count). The molecule has 0 spiro atoms. The van der Waals surface area contributed by atoms with Gasteiger partial charge in [0.15, 0.2) is 0 Å². The van der Waals surface area contributed by atoms with E-state index in [0.29, 0.717) is 0 Å². The maximum absolute atomic E-state index is 6.38. The molecule has 4 aromatic rings. The molecule has 0 radical (unpaired) electrons. The normalized spacial score (nSPS) is 15.2. The SMILES string of the molecule is CCN(CC)c1ccc(C(=C(c2ccccc2)c2ccc(B3OC(C)(C)C(C)(C)O3)cc2)c2ccc(N(CC)CC)cc2)cc1. The first kappa shape index (κ1) is 32.6. The molecule has 0 bridgehead atoms. The molecule has 0 unspecified atom stereocenters. The molecule has 0 saturated carbocycles. The third-order valence-electron chi connectivity index (χ3n) is 9.61. The summed E-state index contributed by atoms with van der Waals surface area (Å²) < 4.78 is 12.8. The molecule has 0 aromatic heterocycles. The molecule has 234 valence electrons. The standard InChI is InChI=1S/C40H49BN2O2/c1-9-42(10-2)35-26-20-32(21-27-35)38(33-22-28-36(29-23-33)43(11-3)12-4)37(30-16-14-13-15-17-30)31-18-24-34(25-19-31)41-44-39(5,6)40(7,8)45-41/h13-29H,9-12H2,1-8H3. The average Bonchev–Trinajstić information content (AvgIpc) is 3.28. The third kappa shape index (κ3) is 6.76. The van der Waals surface area contributed by atoms with Crippen molar-refractivity contribution in [3.63, 3.8) is 0 Å². The van der Waals surface area contributed by atoms with Gasteiger partial charge < -0.3 is 19.1 Å². The highest BCUT2D eigenvalue weighted by atomic mass is 16.7. The second-order valence-corrected chi connectivity index (χ2v) is 12.8. The number of nitrogens with zero attached hydrogens (tertiary/aromatic N) is 2. The summed E-state index contributed by atoms with van der Waals surface area (Å²) in [7, 11) is -0.395. The fraction of sp³-hybridized carbons (Fsp3) is 0.350. The Kier molecular flexibility index (Phi) is 9.91. The van der Waals surface area contributed by atoms with E-state index in [-0.39, 0.29) is 11.2 Å². The van der Waals surface area contributed by atoms with Gasteiger partial charge in [-0.1, -0.05) is 78.9 Å². The van der Waals surface area contributed by atoms with Gasteiger partial charge in [-0.2, -0.15) is 0 Å². The van der Waals surface area contributed by atoms with Crippen LogP contribution < -0.4 is 15.3 Å². The van der Waals surface area contributed by atoms with Gasteiger partial charge in [0.05, 0.1) is 11.2 Å². The molecule has 45 heavy (non-hydrogen) atoms. The lowest BCUT2D eigenvalue weighted by molar-refractivity contribution is 0.00578. The minimum Gasteiger partial charge on any atom is -0.399 e. The lowest BCUT2D eigenvalue weighted by atomic mass is 9.77. The zero-order valence-electron chi connectivity index (χ0n) is 28.4. The van der Waals surface area contributed by atoms with E-state index in [4.69, 9.17) is 9.31 Å². The molecule has 0 atom stereocenters. The first-order valence-electron chi connectivity index (χ1n) is 16.6. The van der Waals surface area contributed by atoms with E-state index in [1.807, 2.05) is 0 Å². The number of benzene rings is 4. The predicted octanol–water partition coefficient (Wildman–Crippen LogP) is 8.69. The summed E-state index contributed by atoms with van der Waals surface area (Å²) in [4.78, 5) is 4.78. The van der Waals surface area contributed by atoms with Gasteiger partial charge in [-0.3, -0.25) is 0 Å². The molecule has 5 heteroatoms. The van der Waals surface area contributed by atoms with Crippen molar-refractivity contribution in [3.8, 4) is 0 Å². The summed E-state index contributed by atoms with van der Waals surface area (Å²) in [6, 6.07) is 37.7. The van der Waals surface area contributed by atoms with Crippen molar-refractivity contribution in [2.75, 3.05) is 36.0 Å². The quantitative estimate of drug-likeness (QED) is 0.127. The van der Waals surface area contributed by atoms with E-state index in [2.05, 4.69) is 168 Å². The Hall–Kier alpha value is -3.80. The van der Waals surface area contributed by atoms with Gasteiger partial charge in [0.25, 0.3) is 0 Å². The smallest absolute Gasteiger partial charge is 0.399 e. The number of anilines is 2. The van der Waals surface area contributed by atoms with Gasteiger partial charge in [-0.05, 0) is 119 Å². The second kappa shape index (κ2) is 13.7. The highest BCUT2D eigenvalue weighted by Gasteiger charge is 2.51. The van der Waals surface area contributed by atoms with Crippen LogP contribution in [0.3, 0.4) is 0 Å². The molecule has 1 fully saturated rings. The summed E-state index contributed by atoms with van der Waals surface area (Å²) >= 11 is 0. The molecule has 1 aliphatic heterocycles. The molecule has 0 N–H and O–H groups in total. The van der Waals surface area contributed by atoms with E-state index in [0.717, 1.165) is 37.2 Å². The van der Waals surface area contributed by atoms with Crippen LogP contribution in [0.4, 0.5) is 11.4 Å². The number of hydrogen-bond donors (Lipinski definition) is 0. The van der Waals surface area contributed by atoms with Crippen LogP contribution in [0.15, 0.2) is 103 Å². The summed E-state index contributed by atoms with van der Waals surface area (Å²) in [6.45, 7) is 21.2. The van der Waals surface area contributed by atoms with Gasteiger partial charge in [0.2, 0.25) is 0 Å². The van der Waals surface area contributed by atoms with Gasteiger partial charge >= 0.3 is 7.12 Å². The van der Waals surface area contributed by atoms with Crippen molar-refractivity contribution in [2.45, 2.75) is 66.6 Å². The first-order valence-corrected chi connectivity index (χ1v) is 16.6. The molecule has 1 saturated heterocycles. The van der Waals surface area contributed by atoms with E-state index in [9.17, 15) is 0 Å². The maximum Gasteiger partial charge on any atom is 0.494 e. The Morgan fingerprint density at radius 2 is 0.822 bits per heavy atom. The molecule has 0 amide bonds. The van der Waals surface area contributed by atoms with Gasteiger partial charge in [0.1, 0.15) is 0 Å². The summed E-state index contributed by atoms with van der Waals surface area (Å²) in [5.41, 5.74) is 9.86. The molecular weight excluding hydrogens is 551 g/mol.